The molecule has 1 aromatic rings. The van der Waals surface area contributed by atoms with Crippen molar-refractivity contribution in [3.05, 3.63) is 28.2 Å². The van der Waals surface area contributed by atoms with Crippen molar-refractivity contribution in [1.29, 1.82) is 0 Å². The van der Waals surface area contributed by atoms with E-state index in [9.17, 15) is 4.79 Å². The van der Waals surface area contributed by atoms with Gasteiger partial charge in [-0.15, -0.1) is 11.6 Å². The first-order chi connectivity index (χ1) is 7.19. The molecular formula is C11H12BrClO2. The normalized spacial score (nSPS) is 10.1. The quantitative estimate of drug-likeness (QED) is 0.611. The molecule has 0 saturated heterocycles. The van der Waals surface area contributed by atoms with Crippen molar-refractivity contribution in [2.75, 3.05) is 12.5 Å². The highest BCUT2D eigenvalue weighted by molar-refractivity contribution is 9.10. The molecule has 15 heavy (non-hydrogen) atoms. The van der Waals surface area contributed by atoms with Crippen LogP contribution in [0.3, 0.4) is 0 Å². The number of Topliss-reactive ketones (excluding diaryl/α,β-unsaturated/α-hetero) is 1. The lowest BCUT2D eigenvalue weighted by Crippen LogP contribution is -2.01. The minimum atomic E-state index is 0.0402. The summed E-state index contributed by atoms with van der Waals surface area (Å²) in [6.07, 6.45) is 0.356. The smallest absolute Gasteiger partial charge is 0.164 e. The van der Waals surface area contributed by atoms with Gasteiger partial charge in [-0.1, -0.05) is 6.07 Å². The lowest BCUT2D eigenvalue weighted by molar-refractivity contribution is 0.0988. The average molecular weight is 292 g/mol. The highest BCUT2D eigenvalue weighted by atomic mass is 79.9. The molecule has 0 amide bonds. The molecule has 1 aromatic carbocycles. The molecule has 0 radical (unpaired) electrons. The van der Waals surface area contributed by atoms with Crippen molar-refractivity contribution in [2.45, 2.75) is 13.3 Å². The van der Waals surface area contributed by atoms with Crippen LogP contribution in [0.2, 0.25) is 0 Å². The summed E-state index contributed by atoms with van der Waals surface area (Å²) >= 11 is 8.87. The van der Waals surface area contributed by atoms with Crippen molar-refractivity contribution in [3.63, 3.8) is 0 Å². The van der Waals surface area contributed by atoms with Crippen molar-refractivity contribution in [2.24, 2.45) is 0 Å². The number of ether oxygens (including phenoxy) is 1. The van der Waals surface area contributed by atoms with Crippen LogP contribution < -0.4 is 4.74 Å². The van der Waals surface area contributed by atoms with Crippen molar-refractivity contribution in [1.82, 2.24) is 0 Å². The molecule has 0 bridgehead atoms. The van der Waals surface area contributed by atoms with Gasteiger partial charge in [0.05, 0.1) is 11.1 Å². The molecule has 82 valence electrons. The first kappa shape index (κ1) is 12.5. The predicted octanol–water partition coefficient (Wildman–Crippen LogP) is 3.66. The van der Waals surface area contributed by atoms with E-state index in [-0.39, 0.29) is 5.78 Å². The van der Waals surface area contributed by atoms with Gasteiger partial charge in [0, 0.05) is 17.9 Å². The number of rotatable bonds is 5. The third-order valence-corrected chi connectivity index (χ3v) is 2.72. The summed E-state index contributed by atoms with van der Waals surface area (Å²) in [5.74, 6) is 1.08. The number of benzene rings is 1. The number of carbonyl (C=O) groups excluding carboxylic acids is 1. The standard InChI is InChI=1S/C11H12BrClO2/c1-2-15-11-7-8(3-4-9(11)12)10(14)5-6-13/h3-4,7H,2,5-6H2,1H3. The molecule has 0 saturated carbocycles. The molecule has 0 spiro atoms. The average Bonchev–Trinajstić information content (AvgIpc) is 2.22. The maximum Gasteiger partial charge on any atom is 0.164 e. The van der Waals surface area contributed by atoms with Crippen LogP contribution in [0.1, 0.15) is 23.7 Å². The second-order valence-corrected chi connectivity index (χ2v) is 4.17. The summed E-state index contributed by atoms with van der Waals surface area (Å²) in [7, 11) is 0. The molecule has 4 heteroatoms. The summed E-state index contributed by atoms with van der Waals surface area (Å²) in [4.78, 5) is 11.6. The molecule has 0 aliphatic rings. The van der Waals surface area contributed by atoms with Gasteiger partial charge < -0.3 is 4.74 Å². The maximum absolute atomic E-state index is 11.6. The topological polar surface area (TPSA) is 26.3 Å². The van der Waals surface area contributed by atoms with Crippen LogP contribution in [0, 0.1) is 0 Å². The monoisotopic (exact) mass is 290 g/mol. The van der Waals surface area contributed by atoms with Crippen LogP contribution >= 0.6 is 27.5 Å². The maximum atomic E-state index is 11.6. The van der Waals surface area contributed by atoms with Gasteiger partial charge in [0.1, 0.15) is 5.75 Å². The Morgan fingerprint density at radius 3 is 2.87 bits per heavy atom. The van der Waals surface area contributed by atoms with Crippen LogP contribution in [0.25, 0.3) is 0 Å². The summed E-state index contributed by atoms with van der Waals surface area (Å²) < 4.78 is 6.23. The van der Waals surface area contributed by atoms with Gasteiger partial charge in [0.2, 0.25) is 0 Å². The first-order valence-corrected chi connectivity index (χ1v) is 6.03. The Kier molecular flexibility index (Phi) is 5.12. The first-order valence-electron chi connectivity index (χ1n) is 4.70. The van der Waals surface area contributed by atoms with Crippen LogP contribution in [0.4, 0.5) is 0 Å². The Balaban J connectivity index is 2.91. The minimum Gasteiger partial charge on any atom is -0.493 e. The zero-order valence-corrected chi connectivity index (χ0v) is 10.8. The van der Waals surface area contributed by atoms with Crippen molar-refractivity contribution < 1.29 is 9.53 Å². The SMILES string of the molecule is CCOc1cc(C(=O)CCCl)ccc1Br. The molecule has 0 aliphatic carbocycles. The van der Waals surface area contributed by atoms with Gasteiger partial charge in [-0.05, 0) is 35.0 Å². The van der Waals surface area contributed by atoms with Gasteiger partial charge in [-0.3, -0.25) is 4.79 Å². The van der Waals surface area contributed by atoms with Gasteiger partial charge >= 0.3 is 0 Å². The third-order valence-electron chi connectivity index (χ3n) is 1.87. The Labute approximate surface area is 103 Å². The summed E-state index contributed by atoms with van der Waals surface area (Å²) in [5.41, 5.74) is 0.641. The van der Waals surface area contributed by atoms with E-state index in [1.165, 1.54) is 0 Å². The number of alkyl halides is 1. The molecule has 0 fully saturated rings. The molecule has 0 unspecified atom stereocenters. The number of halogens is 2. The van der Waals surface area contributed by atoms with Crippen LogP contribution in [-0.2, 0) is 0 Å². The van der Waals surface area contributed by atoms with Crippen molar-refractivity contribution >= 4 is 33.3 Å². The fraction of sp³-hybridized carbons (Fsp3) is 0.364. The molecule has 0 N–H and O–H groups in total. The Morgan fingerprint density at radius 1 is 1.53 bits per heavy atom. The Bertz CT molecular complexity index is 352. The molecule has 2 nitrogen and oxygen atoms in total. The lowest BCUT2D eigenvalue weighted by atomic mass is 10.1. The Hall–Kier alpha value is -0.540. The van der Waals surface area contributed by atoms with Gasteiger partial charge in [-0.25, -0.2) is 0 Å². The number of hydrogen-bond acceptors (Lipinski definition) is 2. The van der Waals surface area contributed by atoms with E-state index in [4.69, 9.17) is 16.3 Å². The fourth-order valence-electron chi connectivity index (χ4n) is 1.17. The second-order valence-electron chi connectivity index (χ2n) is 2.94. The zero-order chi connectivity index (χ0) is 11.3. The number of hydrogen-bond donors (Lipinski definition) is 0. The molecule has 0 atom stereocenters. The van der Waals surface area contributed by atoms with Gasteiger partial charge in [0.25, 0.3) is 0 Å². The minimum absolute atomic E-state index is 0.0402. The summed E-state index contributed by atoms with van der Waals surface area (Å²) in [5, 5.41) is 0. The number of ketones is 1. The predicted molar refractivity (Wildman–Crippen MR) is 65.0 cm³/mol. The molecular weight excluding hydrogens is 279 g/mol. The largest absolute Gasteiger partial charge is 0.493 e. The van der Waals surface area contributed by atoms with Crippen LogP contribution in [-0.4, -0.2) is 18.3 Å². The zero-order valence-electron chi connectivity index (χ0n) is 8.43. The van der Waals surface area contributed by atoms with Gasteiger partial charge in [0.15, 0.2) is 5.78 Å². The van der Waals surface area contributed by atoms with E-state index in [0.29, 0.717) is 30.2 Å². The third kappa shape index (κ3) is 3.50. The summed E-state index contributed by atoms with van der Waals surface area (Å²) in [6, 6.07) is 5.32. The highest BCUT2D eigenvalue weighted by Crippen LogP contribution is 2.26. The number of carbonyl (C=O) groups is 1. The van der Waals surface area contributed by atoms with E-state index in [2.05, 4.69) is 15.9 Å². The van der Waals surface area contributed by atoms with E-state index in [1.54, 1.807) is 12.1 Å². The highest BCUT2D eigenvalue weighted by Gasteiger charge is 2.08. The fourth-order valence-corrected chi connectivity index (χ4v) is 1.71. The van der Waals surface area contributed by atoms with E-state index in [0.717, 1.165) is 4.47 Å². The lowest BCUT2D eigenvalue weighted by Gasteiger charge is -2.07. The van der Waals surface area contributed by atoms with E-state index in [1.807, 2.05) is 13.0 Å². The Morgan fingerprint density at radius 2 is 2.27 bits per heavy atom. The molecule has 0 aliphatic heterocycles. The van der Waals surface area contributed by atoms with E-state index < -0.39 is 0 Å². The summed E-state index contributed by atoms with van der Waals surface area (Å²) in [6.45, 7) is 2.48. The second kappa shape index (κ2) is 6.13. The van der Waals surface area contributed by atoms with Crippen LogP contribution in [0.15, 0.2) is 22.7 Å². The van der Waals surface area contributed by atoms with Crippen LogP contribution in [0.5, 0.6) is 5.75 Å². The van der Waals surface area contributed by atoms with Gasteiger partial charge in [-0.2, -0.15) is 0 Å². The molecule has 1 rings (SSSR count). The molecule has 0 heterocycles. The molecule has 0 aromatic heterocycles. The van der Waals surface area contributed by atoms with Crippen molar-refractivity contribution in [3.8, 4) is 5.75 Å². The van der Waals surface area contributed by atoms with E-state index >= 15 is 0 Å².